The Balaban J connectivity index is 0.904. The molecule has 8 rings (SSSR count). The van der Waals surface area contributed by atoms with Crippen molar-refractivity contribution < 1.29 is 28.0 Å². The SMILES string of the molecule is O=C1CCC(N2Cc3cc(N4CCC(CN5CCCN(c6cccc(-c7c[nH]c8ncc(CC(F)F)c(Cl)c78)c6)C5=O)CC4)ccc3C2=O)C(=O)N1. The van der Waals surface area contributed by atoms with Crippen molar-refractivity contribution in [3.8, 4) is 11.1 Å². The normalized spacial score (nSPS) is 20.0. The molecule has 4 aliphatic heterocycles. The van der Waals surface area contributed by atoms with Crippen molar-refractivity contribution in [2.75, 3.05) is 42.5 Å². The molecular formula is C38H38ClF2N7O4. The molecule has 0 spiro atoms. The number of halogens is 3. The molecule has 1 atom stereocenters. The van der Waals surface area contributed by atoms with Crippen LogP contribution in [0.15, 0.2) is 54.9 Å². The van der Waals surface area contributed by atoms with Crippen molar-refractivity contribution in [1.29, 1.82) is 0 Å². The number of rotatable bonds is 8. The number of pyridine rings is 1. The van der Waals surface area contributed by atoms with E-state index in [1.54, 1.807) is 11.1 Å². The van der Waals surface area contributed by atoms with E-state index in [0.717, 1.165) is 60.4 Å². The van der Waals surface area contributed by atoms with Crippen LogP contribution >= 0.6 is 11.6 Å². The van der Waals surface area contributed by atoms with Gasteiger partial charge in [-0.05, 0) is 78.6 Å². The van der Waals surface area contributed by atoms with Gasteiger partial charge in [0.15, 0.2) is 0 Å². The lowest BCUT2D eigenvalue weighted by molar-refractivity contribution is -0.136. The number of amides is 5. The zero-order chi connectivity index (χ0) is 36.1. The Kier molecular flexibility index (Phi) is 9.06. The first-order chi connectivity index (χ1) is 25.1. The summed E-state index contributed by atoms with van der Waals surface area (Å²) in [6.07, 6.45) is 3.36. The lowest BCUT2D eigenvalue weighted by Crippen LogP contribution is -2.52. The number of anilines is 2. The van der Waals surface area contributed by atoms with Crippen molar-refractivity contribution in [1.82, 2.24) is 25.1 Å². The predicted octanol–water partition coefficient (Wildman–Crippen LogP) is 6.00. The van der Waals surface area contributed by atoms with Crippen molar-refractivity contribution in [3.05, 3.63) is 76.6 Å². The van der Waals surface area contributed by atoms with Crippen molar-refractivity contribution in [2.24, 2.45) is 5.92 Å². The smallest absolute Gasteiger partial charge is 0.324 e. The number of piperidine rings is 2. The molecule has 6 heterocycles. The zero-order valence-electron chi connectivity index (χ0n) is 28.4. The van der Waals surface area contributed by atoms with Gasteiger partial charge in [-0.3, -0.25) is 24.6 Å². The van der Waals surface area contributed by atoms with Gasteiger partial charge in [-0.2, -0.15) is 0 Å². The monoisotopic (exact) mass is 729 g/mol. The van der Waals surface area contributed by atoms with E-state index in [0.29, 0.717) is 55.1 Å². The summed E-state index contributed by atoms with van der Waals surface area (Å²) < 4.78 is 26.4. The molecule has 0 aliphatic carbocycles. The fourth-order valence-corrected chi connectivity index (χ4v) is 8.42. The fourth-order valence-electron chi connectivity index (χ4n) is 8.11. The number of aromatic amines is 1. The molecule has 270 valence electrons. The highest BCUT2D eigenvalue weighted by Gasteiger charge is 2.39. The van der Waals surface area contributed by atoms with Gasteiger partial charge in [-0.25, -0.2) is 18.6 Å². The van der Waals surface area contributed by atoms with Crippen LogP contribution in [0.1, 0.15) is 53.6 Å². The molecule has 0 radical (unpaired) electrons. The molecule has 3 saturated heterocycles. The van der Waals surface area contributed by atoms with Crippen LogP contribution in [0.5, 0.6) is 0 Å². The van der Waals surface area contributed by atoms with Gasteiger partial charge in [0.05, 0.1) is 5.02 Å². The number of imide groups is 1. The van der Waals surface area contributed by atoms with Crippen LogP contribution in [0.2, 0.25) is 5.02 Å². The minimum absolute atomic E-state index is 0.0347. The first-order valence-corrected chi connectivity index (χ1v) is 18.1. The van der Waals surface area contributed by atoms with Gasteiger partial charge in [0.2, 0.25) is 18.2 Å². The third-order valence-corrected chi connectivity index (χ3v) is 11.3. The molecule has 2 aromatic carbocycles. The van der Waals surface area contributed by atoms with E-state index in [9.17, 15) is 28.0 Å². The van der Waals surface area contributed by atoms with Gasteiger partial charge >= 0.3 is 6.03 Å². The Hall–Kier alpha value is -5.04. The van der Waals surface area contributed by atoms with E-state index < -0.39 is 24.8 Å². The van der Waals surface area contributed by atoms with E-state index in [2.05, 4.69) is 20.2 Å². The molecule has 11 nitrogen and oxygen atoms in total. The second-order valence-electron chi connectivity index (χ2n) is 14.1. The Labute approximate surface area is 303 Å². The van der Waals surface area contributed by atoms with Gasteiger partial charge in [0.1, 0.15) is 11.7 Å². The van der Waals surface area contributed by atoms with Gasteiger partial charge in [-0.1, -0.05) is 23.7 Å². The molecule has 4 aliphatic rings. The van der Waals surface area contributed by atoms with Crippen LogP contribution < -0.4 is 15.1 Å². The number of hydrogen-bond acceptors (Lipinski definition) is 6. The molecule has 5 amide bonds. The van der Waals surface area contributed by atoms with Crippen LogP contribution in [-0.2, 0) is 22.6 Å². The lowest BCUT2D eigenvalue weighted by Gasteiger charge is -2.40. The number of benzene rings is 2. The van der Waals surface area contributed by atoms with Crippen molar-refractivity contribution >= 4 is 57.8 Å². The summed E-state index contributed by atoms with van der Waals surface area (Å²) in [5.74, 6) is -0.555. The Morgan fingerprint density at radius 2 is 1.77 bits per heavy atom. The molecule has 3 fully saturated rings. The summed E-state index contributed by atoms with van der Waals surface area (Å²) in [6.45, 7) is 3.93. The van der Waals surface area contributed by atoms with Crippen molar-refractivity contribution in [2.45, 2.75) is 57.5 Å². The number of alkyl halides is 2. The number of urea groups is 1. The second-order valence-corrected chi connectivity index (χ2v) is 14.5. The summed E-state index contributed by atoms with van der Waals surface area (Å²) in [6, 6.07) is 12.8. The van der Waals surface area contributed by atoms with E-state index in [1.165, 1.54) is 6.20 Å². The minimum Gasteiger partial charge on any atom is -0.372 e. The topological polar surface area (TPSA) is 122 Å². The number of fused-ring (bicyclic) bond motifs is 2. The predicted molar refractivity (Wildman–Crippen MR) is 193 cm³/mol. The third-order valence-electron chi connectivity index (χ3n) is 10.8. The van der Waals surface area contributed by atoms with Gasteiger partial charge < -0.3 is 19.7 Å². The molecule has 52 heavy (non-hydrogen) atoms. The van der Waals surface area contributed by atoms with Crippen LogP contribution in [0.3, 0.4) is 0 Å². The molecule has 1 unspecified atom stereocenters. The number of nitrogens with one attached hydrogen (secondary N) is 2. The number of carbonyl (C=O) groups is 4. The quantitative estimate of drug-likeness (QED) is 0.215. The average molecular weight is 730 g/mol. The Bertz CT molecular complexity index is 2080. The third kappa shape index (κ3) is 6.35. The maximum atomic E-state index is 13.9. The average Bonchev–Trinajstić information content (AvgIpc) is 3.72. The van der Waals surface area contributed by atoms with Crippen LogP contribution in [0, 0.1) is 5.92 Å². The number of hydrogen-bond donors (Lipinski definition) is 2. The van der Waals surface area contributed by atoms with E-state index in [-0.39, 0.29) is 34.9 Å². The first-order valence-electron chi connectivity index (χ1n) is 17.8. The first kappa shape index (κ1) is 34.1. The van der Waals surface area contributed by atoms with Crippen LogP contribution in [0.25, 0.3) is 22.2 Å². The summed E-state index contributed by atoms with van der Waals surface area (Å²) in [4.78, 5) is 66.1. The van der Waals surface area contributed by atoms with Crippen LogP contribution in [0.4, 0.5) is 25.0 Å². The Morgan fingerprint density at radius 3 is 2.56 bits per heavy atom. The molecular weight excluding hydrogens is 692 g/mol. The summed E-state index contributed by atoms with van der Waals surface area (Å²) in [7, 11) is 0. The van der Waals surface area contributed by atoms with Gasteiger partial charge in [0.25, 0.3) is 5.91 Å². The molecule has 0 bridgehead atoms. The summed E-state index contributed by atoms with van der Waals surface area (Å²) in [5.41, 5.74) is 5.62. The number of H-pyrrole nitrogens is 1. The van der Waals surface area contributed by atoms with Gasteiger partial charge in [-0.15, -0.1) is 0 Å². The van der Waals surface area contributed by atoms with Crippen molar-refractivity contribution in [3.63, 3.8) is 0 Å². The highest BCUT2D eigenvalue weighted by molar-refractivity contribution is 6.37. The number of aromatic nitrogens is 2. The maximum Gasteiger partial charge on any atom is 0.324 e. The van der Waals surface area contributed by atoms with E-state index in [1.807, 2.05) is 52.3 Å². The number of carbonyl (C=O) groups excluding carboxylic acids is 4. The highest BCUT2D eigenvalue weighted by atomic mass is 35.5. The molecule has 2 N–H and O–H groups in total. The van der Waals surface area contributed by atoms with E-state index in [4.69, 9.17) is 11.6 Å². The van der Waals surface area contributed by atoms with Gasteiger partial charge in [0, 0.05) is 92.4 Å². The fraction of sp³-hybridized carbons (Fsp3) is 0.395. The minimum atomic E-state index is -2.54. The second kappa shape index (κ2) is 13.8. The summed E-state index contributed by atoms with van der Waals surface area (Å²) >= 11 is 6.61. The van der Waals surface area contributed by atoms with E-state index >= 15 is 0 Å². The molecule has 14 heteroatoms. The highest BCUT2D eigenvalue weighted by Crippen LogP contribution is 2.38. The molecule has 0 saturated carbocycles. The molecule has 2 aromatic heterocycles. The van der Waals surface area contributed by atoms with Crippen LogP contribution in [-0.4, -0.2) is 88.7 Å². The maximum absolute atomic E-state index is 13.9. The largest absolute Gasteiger partial charge is 0.372 e. The zero-order valence-corrected chi connectivity index (χ0v) is 29.2. The standard InChI is InChI=1S/C38H38ClF2N7O4/c39-34-24(17-31(40)41)18-42-35-33(34)29(19-43-35)23-3-1-4-27(15-23)47-12-2-11-46(38(47)52)20-22-9-13-45(14-10-22)26-5-6-28-25(16-26)21-48(37(28)51)30-7-8-32(49)44-36(30)50/h1,3-6,15-16,18-19,22,30-31H,2,7-14,17,20-21H2,(H,42,43)(H,44,49,50). The molecule has 4 aromatic rings. The summed E-state index contributed by atoms with van der Waals surface area (Å²) in [5, 5.41) is 3.18. The lowest BCUT2D eigenvalue weighted by atomic mass is 9.95. The number of nitrogens with zero attached hydrogens (tertiary/aromatic N) is 5. The Morgan fingerprint density at radius 1 is 0.942 bits per heavy atom.